The molecule has 0 bridgehead atoms. The van der Waals surface area contributed by atoms with Crippen molar-refractivity contribution in [1.82, 2.24) is 0 Å². The van der Waals surface area contributed by atoms with Gasteiger partial charge in [0, 0.05) is 6.42 Å². The summed E-state index contributed by atoms with van der Waals surface area (Å²) in [5.74, 6) is 0.871. The molecule has 2 heteroatoms. The first kappa shape index (κ1) is 37.2. The van der Waals surface area contributed by atoms with Gasteiger partial charge in [-0.15, -0.1) is 0 Å². The molecule has 2 aromatic rings. The van der Waals surface area contributed by atoms with E-state index in [0.29, 0.717) is 17.9 Å². The summed E-state index contributed by atoms with van der Waals surface area (Å²) in [6.07, 6.45) is 31.8. The van der Waals surface area contributed by atoms with Gasteiger partial charge in [0.2, 0.25) is 0 Å². The Labute approximate surface area is 267 Å². The lowest BCUT2D eigenvalue weighted by atomic mass is 9.93. The Balaban J connectivity index is 1.78. The molecule has 0 heterocycles. The second kappa shape index (κ2) is 23.4. The molecule has 0 aliphatic rings. The quantitative estimate of drug-likeness (QED) is 0.107. The Hall–Kier alpha value is -1.96. The van der Waals surface area contributed by atoms with Crippen LogP contribution in [-0.2, 0) is 19.3 Å². The third-order valence-corrected chi connectivity index (χ3v) is 9.30. The van der Waals surface area contributed by atoms with Crippen LogP contribution >= 0.6 is 0 Å². The highest BCUT2D eigenvalue weighted by Crippen LogP contribution is 2.33. The van der Waals surface area contributed by atoms with Crippen LogP contribution in [0.3, 0.4) is 0 Å². The van der Waals surface area contributed by atoms with Gasteiger partial charge in [-0.3, -0.25) is 0 Å². The van der Waals surface area contributed by atoms with Crippen LogP contribution in [0.2, 0.25) is 0 Å². The number of aromatic hydroxyl groups is 2. The summed E-state index contributed by atoms with van der Waals surface area (Å²) in [7, 11) is 0. The van der Waals surface area contributed by atoms with Gasteiger partial charge in [-0.05, 0) is 61.8 Å². The maximum atomic E-state index is 11.2. The van der Waals surface area contributed by atoms with Crippen molar-refractivity contribution in [2.45, 2.75) is 188 Å². The largest absolute Gasteiger partial charge is 0.507 e. The lowest BCUT2D eigenvalue weighted by Crippen LogP contribution is -1.99. The molecule has 0 radical (unpaired) electrons. The predicted octanol–water partition coefficient (Wildman–Crippen LogP) is 13.0. The van der Waals surface area contributed by atoms with Gasteiger partial charge < -0.3 is 10.2 Å². The zero-order valence-electron chi connectivity index (χ0n) is 28.9. The van der Waals surface area contributed by atoms with Crippen LogP contribution in [0.1, 0.15) is 188 Å². The highest BCUT2D eigenvalue weighted by molar-refractivity contribution is 5.50. The zero-order valence-corrected chi connectivity index (χ0v) is 28.9. The Morgan fingerprint density at radius 1 is 0.372 bits per heavy atom. The van der Waals surface area contributed by atoms with Crippen molar-refractivity contribution in [3.05, 3.63) is 57.6 Å². The summed E-state index contributed by atoms with van der Waals surface area (Å²) in [5.41, 5.74) is 6.41. The van der Waals surface area contributed by atoms with E-state index in [0.717, 1.165) is 47.9 Å². The van der Waals surface area contributed by atoms with E-state index in [-0.39, 0.29) is 0 Å². The molecule has 0 saturated carbocycles. The van der Waals surface area contributed by atoms with Crippen LogP contribution in [0.5, 0.6) is 11.5 Å². The molecule has 0 saturated heterocycles. The van der Waals surface area contributed by atoms with Gasteiger partial charge >= 0.3 is 0 Å². The minimum Gasteiger partial charge on any atom is -0.507 e. The van der Waals surface area contributed by atoms with Crippen LogP contribution in [0.15, 0.2) is 24.3 Å². The van der Waals surface area contributed by atoms with Gasteiger partial charge in [0.1, 0.15) is 11.5 Å². The highest BCUT2D eigenvalue weighted by atomic mass is 16.3. The summed E-state index contributed by atoms with van der Waals surface area (Å²) in [5, 5.41) is 22.4. The second-order valence-corrected chi connectivity index (χ2v) is 13.6. The van der Waals surface area contributed by atoms with Crippen molar-refractivity contribution in [1.29, 1.82) is 0 Å². The van der Waals surface area contributed by atoms with Crippen molar-refractivity contribution in [2.24, 2.45) is 0 Å². The number of hydrogen-bond donors (Lipinski definition) is 2. The molecule has 0 aromatic heterocycles. The van der Waals surface area contributed by atoms with Crippen molar-refractivity contribution in [2.75, 3.05) is 0 Å². The fourth-order valence-corrected chi connectivity index (χ4v) is 6.68. The molecule has 2 N–H and O–H groups in total. The van der Waals surface area contributed by atoms with Crippen LogP contribution in [-0.4, -0.2) is 10.2 Å². The predicted molar refractivity (Wildman–Crippen MR) is 189 cm³/mol. The van der Waals surface area contributed by atoms with E-state index >= 15 is 0 Å². The smallest absolute Gasteiger partial charge is 0.122 e. The topological polar surface area (TPSA) is 40.5 Å². The molecule has 2 aromatic carbocycles. The zero-order chi connectivity index (χ0) is 31.1. The lowest BCUT2D eigenvalue weighted by molar-refractivity contribution is 0.453. The maximum Gasteiger partial charge on any atom is 0.122 e. The summed E-state index contributed by atoms with van der Waals surface area (Å²) in [6.45, 7) is 8.81. The molecule has 0 spiro atoms. The van der Waals surface area contributed by atoms with Crippen molar-refractivity contribution in [3.63, 3.8) is 0 Å². The Morgan fingerprint density at radius 3 is 0.930 bits per heavy atom. The summed E-state index contributed by atoms with van der Waals surface area (Å²) in [4.78, 5) is 0. The van der Waals surface area contributed by atoms with E-state index in [1.54, 1.807) is 0 Å². The van der Waals surface area contributed by atoms with E-state index < -0.39 is 0 Å². The van der Waals surface area contributed by atoms with E-state index in [4.69, 9.17) is 0 Å². The maximum absolute atomic E-state index is 11.2. The van der Waals surface area contributed by atoms with Gasteiger partial charge in [-0.2, -0.15) is 0 Å². The first-order valence-electron chi connectivity index (χ1n) is 18.6. The fraction of sp³-hybridized carbons (Fsp3) is 0.707. The number of rotatable bonds is 26. The molecule has 0 aliphatic carbocycles. The van der Waals surface area contributed by atoms with Crippen molar-refractivity contribution >= 4 is 0 Å². The van der Waals surface area contributed by atoms with Crippen LogP contribution < -0.4 is 0 Å². The molecular weight excluding hydrogens is 524 g/mol. The monoisotopic (exact) mass is 593 g/mol. The van der Waals surface area contributed by atoms with Gasteiger partial charge in [-0.25, -0.2) is 0 Å². The summed E-state index contributed by atoms with van der Waals surface area (Å²) < 4.78 is 0. The molecule has 2 nitrogen and oxygen atoms in total. The lowest BCUT2D eigenvalue weighted by Gasteiger charge is -2.15. The average molecular weight is 593 g/mol. The van der Waals surface area contributed by atoms with Crippen LogP contribution in [0.4, 0.5) is 0 Å². The minimum atomic E-state index is 0.436. The molecule has 2 rings (SSSR count). The van der Waals surface area contributed by atoms with E-state index in [1.807, 2.05) is 0 Å². The highest BCUT2D eigenvalue weighted by Gasteiger charge is 2.14. The number of benzene rings is 2. The first-order chi connectivity index (χ1) is 21.0. The fourth-order valence-electron chi connectivity index (χ4n) is 6.68. The van der Waals surface area contributed by atoms with Gasteiger partial charge in [0.15, 0.2) is 0 Å². The second-order valence-electron chi connectivity index (χ2n) is 13.6. The SMILES string of the molecule is CCCCCCCCCCCCCc1cc(C)cc(Cc2cc(C)cc(CCCCCCCCCCCCC)c2O)c1O. The van der Waals surface area contributed by atoms with Gasteiger partial charge in [-0.1, -0.05) is 178 Å². The van der Waals surface area contributed by atoms with Gasteiger partial charge in [0.05, 0.1) is 0 Å². The van der Waals surface area contributed by atoms with E-state index in [1.165, 1.54) is 140 Å². The molecule has 0 amide bonds. The number of phenols is 2. The van der Waals surface area contributed by atoms with Gasteiger partial charge in [0.25, 0.3) is 0 Å². The van der Waals surface area contributed by atoms with E-state index in [9.17, 15) is 10.2 Å². The molecular formula is C41H68O2. The Morgan fingerprint density at radius 2 is 0.628 bits per heavy atom. The first-order valence-corrected chi connectivity index (χ1v) is 18.6. The molecule has 0 atom stereocenters. The normalized spacial score (nSPS) is 11.4. The molecule has 0 fully saturated rings. The van der Waals surface area contributed by atoms with Crippen molar-refractivity contribution in [3.8, 4) is 11.5 Å². The Bertz CT molecular complexity index is 912. The number of unbranched alkanes of at least 4 members (excludes halogenated alkanes) is 20. The number of aryl methyl sites for hydroxylation is 4. The summed E-state index contributed by atoms with van der Waals surface area (Å²) in [6, 6.07) is 8.52. The third kappa shape index (κ3) is 16.1. The minimum absolute atomic E-state index is 0.436. The third-order valence-electron chi connectivity index (χ3n) is 9.30. The van der Waals surface area contributed by atoms with E-state index in [2.05, 4.69) is 52.0 Å². The average Bonchev–Trinajstić information content (AvgIpc) is 2.98. The molecule has 43 heavy (non-hydrogen) atoms. The standard InChI is InChI=1S/C41H68O2/c1-5-7-9-11-13-15-17-19-21-23-25-27-36-29-34(3)31-38(40(36)42)33-39-32-35(4)30-37(41(39)43)28-26-24-22-20-18-16-14-12-10-8-6-2/h29-32,42-43H,5-28,33H2,1-4H3. The molecule has 0 aliphatic heterocycles. The van der Waals surface area contributed by atoms with Crippen molar-refractivity contribution < 1.29 is 10.2 Å². The Kier molecular flexibility index (Phi) is 20.3. The molecule has 244 valence electrons. The number of phenolic OH excluding ortho intramolecular Hbond substituents is 2. The van der Waals surface area contributed by atoms with Crippen LogP contribution in [0, 0.1) is 13.8 Å². The van der Waals surface area contributed by atoms with Crippen LogP contribution in [0.25, 0.3) is 0 Å². The number of hydrogen-bond acceptors (Lipinski definition) is 2. The molecule has 0 unspecified atom stereocenters. The summed E-state index contributed by atoms with van der Waals surface area (Å²) >= 11 is 0.